The predicted octanol–water partition coefficient (Wildman–Crippen LogP) is 2.95. The summed E-state index contributed by atoms with van der Waals surface area (Å²) in [5, 5.41) is 13.7. The van der Waals surface area contributed by atoms with E-state index in [0.29, 0.717) is 24.5 Å². The summed E-state index contributed by atoms with van der Waals surface area (Å²) >= 11 is 0. The Labute approximate surface area is 183 Å². The number of piperidine rings is 1. The number of nitro benzene ring substituents is 1. The number of ether oxygens (including phenoxy) is 1. The normalized spacial score (nSPS) is 17.8. The number of amides is 2. The highest BCUT2D eigenvalue weighted by molar-refractivity contribution is 5.96. The van der Waals surface area contributed by atoms with Gasteiger partial charge in [0.25, 0.3) is 11.6 Å². The van der Waals surface area contributed by atoms with Crippen molar-refractivity contribution in [1.82, 2.24) is 4.90 Å². The molecule has 1 N–H and O–H groups in total. The molecule has 0 spiro atoms. The number of anilines is 2. The third-order valence-corrected chi connectivity index (χ3v) is 5.57. The average Bonchev–Trinajstić information content (AvgIpc) is 2.80. The van der Waals surface area contributed by atoms with E-state index in [1.54, 1.807) is 34.1 Å². The highest BCUT2D eigenvalue weighted by atomic mass is 19.1. The lowest BCUT2D eigenvalue weighted by atomic mass is 10.1. The molecule has 10 heteroatoms. The molecule has 1 atom stereocenters. The molecule has 2 amide bonds. The van der Waals surface area contributed by atoms with Gasteiger partial charge in [0.15, 0.2) is 6.10 Å². The summed E-state index contributed by atoms with van der Waals surface area (Å²) in [6.45, 7) is 1.40. The molecule has 2 aliphatic rings. The molecule has 0 aliphatic carbocycles. The minimum Gasteiger partial charge on any atom is -0.477 e. The molecule has 168 valence electrons. The monoisotopic (exact) mass is 442 g/mol. The van der Waals surface area contributed by atoms with Gasteiger partial charge < -0.3 is 19.9 Å². The molecular weight excluding hydrogens is 419 g/mol. The first-order valence-electron chi connectivity index (χ1n) is 10.5. The van der Waals surface area contributed by atoms with Crippen molar-refractivity contribution in [3.8, 4) is 5.75 Å². The quantitative estimate of drug-likeness (QED) is 0.564. The smallest absolute Gasteiger partial charge is 0.295 e. The van der Waals surface area contributed by atoms with E-state index in [1.807, 2.05) is 0 Å². The van der Waals surface area contributed by atoms with Crippen molar-refractivity contribution in [3.05, 3.63) is 58.4 Å². The highest BCUT2D eigenvalue weighted by Gasteiger charge is 2.34. The van der Waals surface area contributed by atoms with Crippen LogP contribution in [0.5, 0.6) is 5.75 Å². The van der Waals surface area contributed by atoms with E-state index in [0.717, 1.165) is 37.5 Å². The number of fused-ring (bicyclic) bond motifs is 1. The van der Waals surface area contributed by atoms with Crippen molar-refractivity contribution in [2.75, 3.05) is 36.4 Å². The number of carbonyl (C=O) groups is 2. The highest BCUT2D eigenvalue weighted by Crippen LogP contribution is 2.34. The van der Waals surface area contributed by atoms with Crippen LogP contribution in [0.3, 0.4) is 0 Å². The minimum atomic E-state index is -0.768. The number of halogens is 1. The van der Waals surface area contributed by atoms with Crippen molar-refractivity contribution < 1.29 is 23.6 Å². The second kappa shape index (κ2) is 9.21. The van der Waals surface area contributed by atoms with Gasteiger partial charge >= 0.3 is 0 Å². The second-order valence-electron chi connectivity index (χ2n) is 7.81. The van der Waals surface area contributed by atoms with E-state index in [4.69, 9.17) is 4.74 Å². The predicted molar refractivity (Wildman–Crippen MR) is 115 cm³/mol. The Morgan fingerprint density at radius 1 is 1.16 bits per heavy atom. The number of likely N-dealkylation sites (tertiary alicyclic amines) is 1. The number of nitrogens with zero attached hydrogens (tertiary/aromatic N) is 3. The summed E-state index contributed by atoms with van der Waals surface area (Å²) < 4.78 is 19.3. The van der Waals surface area contributed by atoms with Gasteiger partial charge in [-0.15, -0.1) is 0 Å². The maximum absolute atomic E-state index is 13.4. The topological polar surface area (TPSA) is 105 Å². The van der Waals surface area contributed by atoms with E-state index in [9.17, 15) is 24.1 Å². The van der Waals surface area contributed by atoms with Gasteiger partial charge in [-0.2, -0.15) is 0 Å². The molecule has 2 aromatic rings. The summed E-state index contributed by atoms with van der Waals surface area (Å²) in [7, 11) is 0. The molecule has 2 aromatic carbocycles. The molecule has 2 aliphatic heterocycles. The van der Waals surface area contributed by atoms with Gasteiger partial charge in [0.05, 0.1) is 29.8 Å². The van der Waals surface area contributed by atoms with Crippen LogP contribution in [0.15, 0.2) is 42.5 Å². The Hall–Kier alpha value is -3.69. The Kier molecular flexibility index (Phi) is 6.20. The Bertz CT molecular complexity index is 1040. The van der Waals surface area contributed by atoms with Crippen LogP contribution in [-0.4, -0.2) is 53.9 Å². The maximum atomic E-state index is 13.4. The fourth-order valence-electron chi connectivity index (χ4n) is 4.03. The van der Waals surface area contributed by atoms with Gasteiger partial charge in [-0.3, -0.25) is 19.7 Å². The Morgan fingerprint density at radius 2 is 1.91 bits per heavy atom. The second-order valence-corrected chi connectivity index (χ2v) is 7.81. The molecule has 0 saturated carbocycles. The number of hydrogen-bond donors (Lipinski definition) is 1. The van der Waals surface area contributed by atoms with E-state index < -0.39 is 28.4 Å². The average molecular weight is 442 g/mol. The maximum Gasteiger partial charge on any atom is 0.295 e. The summed E-state index contributed by atoms with van der Waals surface area (Å²) in [5.41, 5.74) is 0.0294. The van der Waals surface area contributed by atoms with E-state index in [-0.39, 0.29) is 24.7 Å². The fourth-order valence-corrected chi connectivity index (χ4v) is 4.03. The Balaban J connectivity index is 1.51. The van der Waals surface area contributed by atoms with Gasteiger partial charge in [0.1, 0.15) is 17.3 Å². The van der Waals surface area contributed by atoms with Crippen LogP contribution in [0.4, 0.5) is 21.5 Å². The van der Waals surface area contributed by atoms with Crippen molar-refractivity contribution in [2.45, 2.75) is 25.4 Å². The zero-order chi connectivity index (χ0) is 22.7. The first-order chi connectivity index (χ1) is 15.4. The van der Waals surface area contributed by atoms with Crippen LogP contribution >= 0.6 is 0 Å². The molecule has 32 heavy (non-hydrogen) atoms. The molecular formula is C22H23FN4O5. The first kappa shape index (κ1) is 21.5. The fraction of sp³-hybridized carbons (Fsp3) is 0.364. The summed E-state index contributed by atoms with van der Waals surface area (Å²) in [6, 6.07) is 10.1. The molecule has 1 saturated heterocycles. The molecule has 0 unspecified atom stereocenters. The van der Waals surface area contributed by atoms with E-state index >= 15 is 0 Å². The van der Waals surface area contributed by atoms with E-state index in [2.05, 4.69) is 5.32 Å². The number of para-hydroxylation sites is 2. The van der Waals surface area contributed by atoms with Crippen molar-refractivity contribution in [1.29, 1.82) is 0 Å². The number of carbonyl (C=O) groups excluding carboxylic acids is 2. The minimum absolute atomic E-state index is 0.0936. The molecule has 4 rings (SSSR count). The zero-order valence-electron chi connectivity index (χ0n) is 17.3. The van der Waals surface area contributed by atoms with Gasteiger partial charge in [-0.05, 0) is 43.5 Å². The van der Waals surface area contributed by atoms with Gasteiger partial charge in [-0.25, -0.2) is 4.39 Å². The lowest BCUT2D eigenvalue weighted by Crippen LogP contribution is -2.52. The van der Waals surface area contributed by atoms with Crippen LogP contribution in [0.25, 0.3) is 0 Å². The molecule has 0 radical (unpaired) electrons. The van der Waals surface area contributed by atoms with Crippen molar-refractivity contribution >= 4 is 28.9 Å². The van der Waals surface area contributed by atoms with Crippen LogP contribution in [-0.2, 0) is 9.59 Å². The van der Waals surface area contributed by atoms with Gasteiger partial charge in [0, 0.05) is 13.1 Å². The third kappa shape index (κ3) is 4.63. The number of benzene rings is 2. The molecule has 0 aromatic heterocycles. The summed E-state index contributed by atoms with van der Waals surface area (Å²) in [6.07, 6.45) is 2.26. The molecule has 2 heterocycles. The standard InChI is InChI=1S/C22H23FN4O5/c23-15-8-9-16(18(12-15)27(30)31)24-21(28)14-26-13-20(22(29)25-10-4-1-5-11-25)32-19-7-3-2-6-17(19)26/h2-3,6-9,12,20H,1,4-5,10-11,13-14H2,(H,24,28)/t20-/m1/s1. The largest absolute Gasteiger partial charge is 0.477 e. The van der Waals surface area contributed by atoms with Crippen LogP contribution < -0.4 is 15.0 Å². The lowest BCUT2D eigenvalue weighted by molar-refractivity contribution is -0.384. The summed E-state index contributed by atoms with van der Waals surface area (Å²) in [5.74, 6) is -0.912. The van der Waals surface area contributed by atoms with Crippen LogP contribution in [0, 0.1) is 15.9 Å². The van der Waals surface area contributed by atoms with Gasteiger partial charge in [-0.1, -0.05) is 12.1 Å². The number of nitrogens with one attached hydrogen (secondary N) is 1. The van der Waals surface area contributed by atoms with Crippen molar-refractivity contribution in [2.24, 2.45) is 0 Å². The summed E-state index contributed by atoms with van der Waals surface area (Å²) in [4.78, 5) is 39.7. The third-order valence-electron chi connectivity index (χ3n) is 5.57. The molecule has 9 nitrogen and oxygen atoms in total. The number of nitro groups is 1. The van der Waals surface area contributed by atoms with Crippen LogP contribution in [0.1, 0.15) is 19.3 Å². The molecule has 0 bridgehead atoms. The SMILES string of the molecule is O=C(CN1C[C@H](C(=O)N2CCCCC2)Oc2ccccc21)Nc1ccc(F)cc1[N+](=O)[O-]. The zero-order valence-corrected chi connectivity index (χ0v) is 17.3. The molecule has 1 fully saturated rings. The van der Waals surface area contributed by atoms with Crippen molar-refractivity contribution in [3.63, 3.8) is 0 Å². The number of rotatable bonds is 5. The Morgan fingerprint density at radius 3 is 2.66 bits per heavy atom. The van der Waals surface area contributed by atoms with E-state index in [1.165, 1.54) is 0 Å². The first-order valence-corrected chi connectivity index (χ1v) is 10.5. The van der Waals surface area contributed by atoms with Crippen LogP contribution in [0.2, 0.25) is 0 Å². The lowest BCUT2D eigenvalue weighted by Gasteiger charge is -2.38. The number of hydrogen-bond acceptors (Lipinski definition) is 6. The van der Waals surface area contributed by atoms with Gasteiger partial charge in [0.2, 0.25) is 5.91 Å².